The van der Waals surface area contributed by atoms with Crippen LogP contribution in [0, 0.1) is 12.8 Å². The quantitative estimate of drug-likeness (QED) is 0.836. The van der Waals surface area contributed by atoms with Crippen LogP contribution in [0.4, 0.5) is 0 Å². The molecule has 106 valence electrons. The molecule has 1 aromatic rings. The maximum Gasteiger partial charge on any atom is 0.241 e. The molecular weight excluding hydrogens is 260 g/mol. The van der Waals surface area contributed by atoms with Gasteiger partial charge in [0.05, 0.1) is 4.90 Å². The van der Waals surface area contributed by atoms with Gasteiger partial charge in [0.1, 0.15) is 0 Å². The van der Waals surface area contributed by atoms with Crippen molar-refractivity contribution in [2.45, 2.75) is 44.2 Å². The lowest BCUT2D eigenvalue weighted by Gasteiger charge is -2.11. The van der Waals surface area contributed by atoms with E-state index >= 15 is 0 Å². The Labute approximate surface area is 115 Å². The molecule has 1 aliphatic carbocycles. The van der Waals surface area contributed by atoms with E-state index in [0.29, 0.717) is 17.4 Å². The highest BCUT2D eigenvalue weighted by Crippen LogP contribution is 2.34. The van der Waals surface area contributed by atoms with Crippen LogP contribution >= 0.6 is 0 Å². The van der Waals surface area contributed by atoms with E-state index in [0.717, 1.165) is 24.0 Å². The Morgan fingerprint density at radius 2 is 2.11 bits per heavy atom. The van der Waals surface area contributed by atoms with Crippen molar-refractivity contribution in [3.63, 3.8) is 0 Å². The number of hydrogen-bond donors (Lipinski definition) is 2. The molecule has 0 aliphatic heterocycles. The number of aryl methyl sites for hydroxylation is 1. The molecule has 1 saturated carbocycles. The molecule has 1 fully saturated rings. The van der Waals surface area contributed by atoms with Crippen LogP contribution in [0.5, 0.6) is 0 Å². The molecule has 19 heavy (non-hydrogen) atoms. The Balaban J connectivity index is 2.21. The van der Waals surface area contributed by atoms with Crippen LogP contribution in [0.1, 0.15) is 30.9 Å². The topological polar surface area (TPSA) is 58.2 Å². The molecule has 5 heteroatoms. The first-order chi connectivity index (χ1) is 8.97. The van der Waals surface area contributed by atoms with E-state index in [1.54, 1.807) is 6.07 Å². The first kappa shape index (κ1) is 14.5. The van der Waals surface area contributed by atoms with Crippen molar-refractivity contribution in [2.24, 2.45) is 5.92 Å². The van der Waals surface area contributed by atoms with Gasteiger partial charge in [0, 0.05) is 12.6 Å². The van der Waals surface area contributed by atoms with Gasteiger partial charge in [-0.25, -0.2) is 13.1 Å². The van der Waals surface area contributed by atoms with E-state index in [2.05, 4.69) is 17.0 Å². The fraction of sp³-hybridized carbons (Fsp3) is 0.571. The van der Waals surface area contributed by atoms with Gasteiger partial charge < -0.3 is 5.32 Å². The molecule has 0 heterocycles. The predicted molar refractivity (Wildman–Crippen MR) is 76.5 cm³/mol. The lowest BCUT2D eigenvalue weighted by Crippen LogP contribution is -2.27. The molecule has 0 bridgehead atoms. The second kappa shape index (κ2) is 5.61. The molecule has 1 aliphatic rings. The summed E-state index contributed by atoms with van der Waals surface area (Å²) in [5, 5.41) is 3.04. The molecule has 1 aromatic carbocycles. The molecule has 0 spiro atoms. The summed E-state index contributed by atoms with van der Waals surface area (Å²) >= 11 is 0. The predicted octanol–water partition coefficient (Wildman–Crippen LogP) is 1.79. The summed E-state index contributed by atoms with van der Waals surface area (Å²) in [6.45, 7) is 4.60. The molecule has 2 rings (SSSR count). The second-order valence-electron chi connectivity index (χ2n) is 5.26. The molecular formula is C14H22N2O2S. The highest BCUT2D eigenvalue weighted by atomic mass is 32.2. The van der Waals surface area contributed by atoms with E-state index in [4.69, 9.17) is 0 Å². The Hall–Kier alpha value is -0.910. The average Bonchev–Trinajstić information content (AvgIpc) is 3.09. The number of rotatable bonds is 6. The van der Waals surface area contributed by atoms with Crippen LogP contribution in [0.2, 0.25) is 0 Å². The van der Waals surface area contributed by atoms with Crippen LogP contribution in [-0.2, 0) is 16.6 Å². The minimum atomic E-state index is -3.39. The van der Waals surface area contributed by atoms with Gasteiger partial charge in [-0.05, 0) is 43.5 Å². The molecule has 0 saturated heterocycles. The summed E-state index contributed by atoms with van der Waals surface area (Å²) in [4.78, 5) is 0.405. The van der Waals surface area contributed by atoms with E-state index in [1.165, 1.54) is 0 Å². The van der Waals surface area contributed by atoms with Crippen LogP contribution in [0.15, 0.2) is 23.1 Å². The molecule has 0 radical (unpaired) electrons. The summed E-state index contributed by atoms with van der Waals surface area (Å²) in [5.74, 6) is 0.510. The first-order valence-corrected chi connectivity index (χ1v) is 8.22. The van der Waals surface area contributed by atoms with Crippen molar-refractivity contribution in [3.8, 4) is 0 Å². The minimum absolute atomic E-state index is 0.127. The maximum atomic E-state index is 12.4. The Morgan fingerprint density at radius 3 is 2.68 bits per heavy atom. The average molecular weight is 282 g/mol. The maximum absolute atomic E-state index is 12.4. The van der Waals surface area contributed by atoms with Gasteiger partial charge in [-0.15, -0.1) is 0 Å². The molecule has 0 aromatic heterocycles. The van der Waals surface area contributed by atoms with Crippen LogP contribution in [-0.4, -0.2) is 21.5 Å². The summed E-state index contributed by atoms with van der Waals surface area (Å²) in [7, 11) is -1.54. The van der Waals surface area contributed by atoms with Gasteiger partial charge in [-0.2, -0.15) is 0 Å². The Morgan fingerprint density at radius 1 is 1.37 bits per heavy atom. The normalized spacial score (nSPS) is 22.5. The van der Waals surface area contributed by atoms with E-state index < -0.39 is 10.0 Å². The fourth-order valence-electron chi connectivity index (χ4n) is 2.35. The second-order valence-corrected chi connectivity index (χ2v) is 6.94. The summed E-state index contributed by atoms with van der Waals surface area (Å²) < 4.78 is 27.6. The zero-order chi connectivity index (χ0) is 14.0. The Kier molecular flexibility index (Phi) is 4.28. The van der Waals surface area contributed by atoms with Crippen molar-refractivity contribution in [3.05, 3.63) is 29.3 Å². The SMILES string of the molecule is CCC1CC1NS(=O)(=O)c1cc(CNC)ccc1C. The minimum Gasteiger partial charge on any atom is -0.316 e. The van der Waals surface area contributed by atoms with Gasteiger partial charge in [0.25, 0.3) is 0 Å². The third-order valence-electron chi connectivity index (χ3n) is 3.68. The smallest absolute Gasteiger partial charge is 0.241 e. The summed E-state index contributed by atoms with van der Waals surface area (Å²) in [6.07, 6.45) is 2.00. The van der Waals surface area contributed by atoms with Crippen LogP contribution in [0.25, 0.3) is 0 Å². The third kappa shape index (κ3) is 3.35. The highest BCUT2D eigenvalue weighted by molar-refractivity contribution is 7.89. The van der Waals surface area contributed by atoms with E-state index in [9.17, 15) is 8.42 Å². The number of nitrogens with one attached hydrogen (secondary N) is 2. The van der Waals surface area contributed by atoms with Gasteiger partial charge in [-0.1, -0.05) is 25.5 Å². The lowest BCUT2D eigenvalue weighted by molar-refractivity contribution is 0.575. The fourth-order valence-corrected chi connectivity index (χ4v) is 3.97. The zero-order valence-corrected chi connectivity index (χ0v) is 12.5. The van der Waals surface area contributed by atoms with E-state index in [-0.39, 0.29) is 6.04 Å². The lowest BCUT2D eigenvalue weighted by atomic mass is 10.1. The Bertz CT molecular complexity index is 555. The van der Waals surface area contributed by atoms with Crippen molar-refractivity contribution >= 4 is 10.0 Å². The summed E-state index contributed by atoms with van der Waals surface area (Å²) in [5.41, 5.74) is 1.78. The molecule has 4 nitrogen and oxygen atoms in total. The molecule has 2 unspecified atom stereocenters. The summed E-state index contributed by atoms with van der Waals surface area (Å²) in [6, 6.07) is 5.71. The monoisotopic (exact) mass is 282 g/mol. The highest BCUT2D eigenvalue weighted by Gasteiger charge is 2.38. The number of sulfonamides is 1. The van der Waals surface area contributed by atoms with Gasteiger partial charge >= 0.3 is 0 Å². The van der Waals surface area contributed by atoms with Crippen LogP contribution < -0.4 is 10.0 Å². The molecule has 2 N–H and O–H groups in total. The van der Waals surface area contributed by atoms with Crippen molar-refractivity contribution in [1.82, 2.24) is 10.0 Å². The standard InChI is InChI=1S/C14H22N2O2S/c1-4-12-8-13(12)16-19(17,18)14-7-11(9-15-3)6-5-10(14)2/h5-7,12-13,15-16H,4,8-9H2,1-3H3. The molecule has 2 atom stereocenters. The van der Waals surface area contributed by atoms with Gasteiger partial charge in [0.15, 0.2) is 0 Å². The first-order valence-electron chi connectivity index (χ1n) is 6.74. The van der Waals surface area contributed by atoms with Gasteiger partial charge in [0.2, 0.25) is 10.0 Å². The van der Waals surface area contributed by atoms with Crippen molar-refractivity contribution < 1.29 is 8.42 Å². The van der Waals surface area contributed by atoms with Crippen molar-refractivity contribution in [1.29, 1.82) is 0 Å². The number of benzene rings is 1. The number of hydrogen-bond acceptors (Lipinski definition) is 3. The largest absolute Gasteiger partial charge is 0.316 e. The van der Waals surface area contributed by atoms with Gasteiger partial charge in [-0.3, -0.25) is 0 Å². The van der Waals surface area contributed by atoms with Crippen LogP contribution in [0.3, 0.4) is 0 Å². The molecule has 0 amide bonds. The van der Waals surface area contributed by atoms with E-state index in [1.807, 2.05) is 26.1 Å². The zero-order valence-electron chi connectivity index (χ0n) is 11.7. The third-order valence-corrected chi connectivity index (χ3v) is 5.31. The van der Waals surface area contributed by atoms with Crippen molar-refractivity contribution in [2.75, 3.05) is 7.05 Å².